The van der Waals surface area contributed by atoms with Crippen molar-refractivity contribution in [2.24, 2.45) is 0 Å². The van der Waals surface area contributed by atoms with Crippen molar-refractivity contribution in [2.75, 3.05) is 0 Å². The summed E-state index contributed by atoms with van der Waals surface area (Å²) in [6.45, 7) is 1.90. The molecular weight excluding hydrogens is 310 g/mol. The molecule has 0 unspecified atom stereocenters. The van der Waals surface area contributed by atoms with Crippen LogP contribution in [0.1, 0.15) is 16.9 Å². The minimum Gasteiger partial charge on any atom is -0.489 e. The summed E-state index contributed by atoms with van der Waals surface area (Å²) in [5, 5.41) is 4.08. The normalized spacial score (nSPS) is 10.7. The van der Waals surface area contributed by atoms with E-state index in [9.17, 15) is 0 Å². The van der Waals surface area contributed by atoms with Crippen LogP contribution in [0.3, 0.4) is 0 Å². The first-order valence-electron chi connectivity index (χ1n) is 7.49. The number of para-hydroxylation sites is 1. The quantitative estimate of drug-likeness (QED) is 0.676. The van der Waals surface area contributed by atoms with Crippen LogP contribution in [-0.2, 0) is 19.7 Å². The highest BCUT2D eigenvalue weighted by molar-refractivity contribution is 6.30. The number of halogens is 1. The monoisotopic (exact) mass is 327 g/mol. The molecular formula is C19H18ClNO2. The van der Waals surface area contributed by atoms with Gasteiger partial charge in [-0.2, -0.15) is 0 Å². The summed E-state index contributed by atoms with van der Waals surface area (Å²) in [5.41, 5.74) is 2.16. The maximum atomic E-state index is 6.00. The molecule has 3 nitrogen and oxygen atoms in total. The van der Waals surface area contributed by atoms with E-state index in [0.717, 1.165) is 27.7 Å². The lowest BCUT2D eigenvalue weighted by molar-refractivity contribution is 0.302. The maximum Gasteiger partial charge on any atom is 0.124 e. The highest BCUT2D eigenvalue weighted by atomic mass is 35.5. The Morgan fingerprint density at radius 3 is 2.70 bits per heavy atom. The van der Waals surface area contributed by atoms with Crippen LogP contribution in [0, 0.1) is 0 Å². The number of hydrogen-bond donors (Lipinski definition) is 1. The maximum absolute atomic E-state index is 6.00. The second-order valence-electron chi connectivity index (χ2n) is 5.21. The van der Waals surface area contributed by atoms with Gasteiger partial charge in [-0.3, -0.25) is 0 Å². The Morgan fingerprint density at radius 1 is 0.957 bits per heavy atom. The molecule has 0 saturated carbocycles. The fraction of sp³-hybridized carbons (Fsp3) is 0.158. The van der Waals surface area contributed by atoms with Crippen molar-refractivity contribution in [1.29, 1.82) is 0 Å². The van der Waals surface area contributed by atoms with Crippen LogP contribution in [0.2, 0.25) is 5.02 Å². The molecule has 0 fully saturated rings. The van der Waals surface area contributed by atoms with Crippen LogP contribution in [-0.4, -0.2) is 0 Å². The minimum atomic E-state index is 0.496. The summed E-state index contributed by atoms with van der Waals surface area (Å²) in [6.07, 6.45) is 1.68. The molecule has 4 heteroatoms. The Balaban J connectivity index is 1.58. The van der Waals surface area contributed by atoms with Gasteiger partial charge in [0.15, 0.2) is 0 Å². The molecule has 2 aromatic carbocycles. The molecule has 0 amide bonds. The summed E-state index contributed by atoms with van der Waals surface area (Å²) < 4.78 is 11.3. The van der Waals surface area contributed by atoms with E-state index in [-0.39, 0.29) is 0 Å². The Kier molecular flexibility index (Phi) is 5.35. The molecule has 23 heavy (non-hydrogen) atoms. The molecule has 0 spiro atoms. The Hall–Kier alpha value is -2.23. The van der Waals surface area contributed by atoms with Gasteiger partial charge < -0.3 is 14.5 Å². The fourth-order valence-corrected chi connectivity index (χ4v) is 2.52. The van der Waals surface area contributed by atoms with Crippen LogP contribution < -0.4 is 10.1 Å². The molecule has 118 valence electrons. The SMILES string of the molecule is Clc1cccc(COc2ccccc2CNCc2ccco2)c1. The Labute approximate surface area is 140 Å². The lowest BCUT2D eigenvalue weighted by Gasteiger charge is -2.12. The zero-order chi connectivity index (χ0) is 15.9. The molecule has 0 radical (unpaired) electrons. The molecule has 0 aliphatic rings. The van der Waals surface area contributed by atoms with Gasteiger partial charge in [0.1, 0.15) is 18.1 Å². The van der Waals surface area contributed by atoms with Gasteiger partial charge in [0.2, 0.25) is 0 Å². The lowest BCUT2D eigenvalue weighted by Crippen LogP contribution is -2.13. The van der Waals surface area contributed by atoms with E-state index in [1.165, 1.54) is 0 Å². The van der Waals surface area contributed by atoms with Gasteiger partial charge >= 0.3 is 0 Å². The van der Waals surface area contributed by atoms with Crippen LogP contribution in [0.4, 0.5) is 0 Å². The van der Waals surface area contributed by atoms with Crippen molar-refractivity contribution >= 4 is 11.6 Å². The third-order valence-electron chi connectivity index (χ3n) is 3.45. The molecule has 3 aromatic rings. The van der Waals surface area contributed by atoms with Gasteiger partial charge in [0.05, 0.1) is 12.8 Å². The van der Waals surface area contributed by atoms with E-state index in [2.05, 4.69) is 11.4 Å². The first-order chi connectivity index (χ1) is 11.3. The second-order valence-corrected chi connectivity index (χ2v) is 5.65. The molecule has 1 heterocycles. The highest BCUT2D eigenvalue weighted by Gasteiger charge is 2.04. The minimum absolute atomic E-state index is 0.496. The summed E-state index contributed by atoms with van der Waals surface area (Å²) in [6, 6.07) is 19.6. The number of nitrogens with one attached hydrogen (secondary N) is 1. The molecule has 0 atom stereocenters. The van der Waals surface area contributed by atoms with Crippen LogP contribution in [0.5, 0.6) is 5.75 Å². The van der Waals surface area contributed by atoms with Crippen LogP contribution >= 0.6 is 11.6 Å². The number of rotatable bonds is 7. The fourth-order valence-electron chi connectivity index (χ4n) is 2.31. The van der Waals surface area contributed by atoms with E-state index in [1.54, 1.807) is 6.26 Å². The van der Waals surface area contributed by atoms with Gasteiger partial charge in [-0.1, -0.05) is 41.9 Å². The van der Waals surface area contributed by atoms with Crippen LogP contribution in [0.15, 0.2) is 71.3 Å². The summed E-state index contributed by atoms with van der Waals surface area (Å²) in [5.74, 6) is 1.79. The third kappa shape index (κ3) is 4.62. The van der Waals surface area contributed by atoms with E-state index >= 15 is 0 Å². The number of hydrogen-bond acceptors (Lipinski definition) is 3. The van der Waals surface area contributed by atoms with E-state index in [4.69, 9.17) is 20.8 Å². The topological polar surface area (TPSA) is 34.4 Å². The first-order valence-corrected chi connectivity index (χ1v) is 7.87. The number of benzene rings is 2. The molecule has 1 N–H and O–H groups in total. The highest BCUT2D eigenvalue weighted by Crippen LogP contribution is 2.20. The predicted octanol–water partition coefficient (Wildman–Crippen LogP) is 4.80. The standard InChI is InChI=1S/C19H18ClNO2/c20-17-7-3-5-15(11-17)14-23-19-9-2-1-6-16(19)12-21-13-18-8-4-10-22-18/h1-11,21H,12-14H2. The molecule has 0 aliphatic carbocycles. The summed E-state index contributed by atoms with van der Waals surface area (Å²) in [7, 11) is 0. The van der Waals surface area contributed by atoms with Crippen molar-refractivity contribution in [3.8, 4) is 5.75 Å². The Morgan fingerprint density at radius 2 is 1.87 bits per heavy atom. The van der Waals surface area contributed by atoms with Gasteiger partial charge in [-0.05, 0) is 35.9 Å². The van der Waals surface area contributed by atoms with Crippen molar-refractivity contribution in [3.63, 3.8) is 0 Å². The second kappa shape index (κ2) is 7.86. The van der Waals surface area contributed by atoms with Crippen molar-refractivity contribution in [3.05, 3.63) is 88.8 Å². The van der Waals surface area contributed by atoms with Gasteiger partial charge in [0, 0.05) is 17.1 Å². The third-order valence-corrected chi connectivity index (χ3v) is 3.69. The largest absolute Gasteiger partial charge is 0.489 e. The van der Waals surface area contributed by atoms with E-state index in [0.29, 0.717) is 19.7 Å². The lowest BCUT2D eigenvalue weighted by atomic mass is 10.2. The summed E-state index contributed by atoms with van der Waals surface area (Å²) >= 11 is 6.00. The zero-order valence-electron chi connectivity index (χ0n) is 12.7. The van der Waals surface area contributed by atoms with Gasteiger partial charge in [0.25, 0.3) is 0 Å². The molecule has 3 rings (SSSR count). The van der Waals surface area contributed by atoms with Crippen molar-refractivity contribution in [2.45, 2.75) is 19.7 Å². The van der Waals surface area contributed by atoms with Gasteiger partial charge in [-0.25, -0.2) is 0 Å². The molecule has 0 aliphatic heterocycles. The summed E-state index contributed by atoms with van der Waals surface area (Å²) in [4.78, 5) is 0. The first kappa shape index (κ1) is 15.7. The predicted molar refractivity (Wildman–Crippen MR) is 91.5 cm³/mol. The molecule has 1 aromatic heterocycles. The Bertz CT molecular complexity index is 741. The van der Waals surface area contributed by atoms with Crippen LogP contribution in [0.25, 0.3) is 0 Å². The zero-order valence-corrected chi connectivity index (χ0v) is 13.4. The molecule has 0 bridgehead atoms. The average molecular weight is 328 g/mol. The smallest absolute Gasteiger partial charge is 0.124 e. The number of ether oxygens (including phenoxy) is 1. The van der Waals surface area contributed by atoms with E-state index < -0.39 is 0 Å². The van der Waals surface area contributed by atoms with E-state index in [1.807, 2.05) is 54.6 Å². The molecule has 0 saturated heterocycles. The van der Waals surface area contributed by atoms with Gasteiger partial charge in [-0.15, -0.1) is 0 Å². The number of furan rings is 1. The van der Waals surface area contributed by atoms with Crippen molar-refractivity contribution in [1.82, 2.24) is 5.32 Å². The van der Waals surface area contributed by atoms with Crippen molar-refractivity contribution < 1.29 is 9.15 Å². The average Bonchev–Trinajstić information content (AvgIpc) is 3.07.